The van der Waals surface area contributed by atoms with Crippen LogP contribution in [0.25, 0.3) is 0 Å². The maximum Gasteiger partial charge on any atom is 0.253 e. The fraction of sp³-hybridized carbons (Fsp3) is 0.381. The van der Waals surface area contributed by atoms with Gasteiger partial charge in [0.05, 0.1) is 19.3 Å². The van der Waals surface area contributed by atoms with E-state index in [1.165, 1.54) is 0 Å². The van der Waals surface area contributed by atoms with E-state index in [1.54, 1.807) is 19.2 Å². The molecule has 0 saturated carbocycles. The van der Waals surface area contributed by atoms with Crippen LogP contribution in [0, 0.1) is 0 Å². The molecule has 5 N–H and O–H groups in total. The van der Waals surface area contributed by atoms with Gasteiger partial charge in [0.15, 0.2) is 11.5 Å². The van der Waals surface area contributed by atoms with Crippen LogP contribution >= 0.6 is 0 Å². The summed E-state index contributed by atoms with van der Waals surface area (Å²) >= 11 is 0. The van der Waals surface area contributed by atoms with Gasteiger partial charge < -0.3 is 26.3 Å². The van der Waals surface area contributed by atoms with Crippen LogP contribution in [0.3, 0.4) is 0 Å². The second-order valence-corrected chi connectivity index (χ2v) is 6.39. The van der Waals surface area contributed by atoms with Crippen molar-refractivity contribution in [3.05, 3.63) is 47.5 Å². The van der Waals surface area contributed by atoms with Crippen LogP contribution in [0.5, 0.6) is 11.5 Å². The van der Waals surface area contributed by atoms with Gasteiger partial charge >= 0.3 is 0 Å². The largest absolute Gasteiger partial charge is 0.493 e. The number of carbonyl (C=O) groups excluding carboxylic acids is 1. The third-order valence-corrected chi connectivity index (χ3v) is 4.26. The van der Waals surface area contributed by atoms with Crippen LogP contribution in [-0.2, 0) is 6.42 Å². The number of nitrogen functional groups attached to an aromatic ring is 2. The zero-order chi connectivity index (χ0) is 19.6. The molecule has 0 unspecified atom stereocenters. The average Bonchev–Trinajstić information content (AvgIpc) is 2.67. The third-order valence-electron chi connectivity index (χ3n) is 4.26. The minimum Gasteiger partial charge on any atom is -0.493 e. The van der Waals surface area contributed by atoms with Crippen LogP contribution in [0.15, 0.2) is 36.4 Å². The monoisotopic (exact) mass is 371 g/mol. The highest BCUT2D eigenvalue weighted by atomic mass is 16.5. The van der Waals surface area contributed by atoms with Crippen molar-refractivity contribution in [3.8, 4) is 11.5 Å². The predicted molar refractivity (Wildman–Crippen MR) is 109 cm³/mol. The Morgan fingerprint density at radius 1 is 1.07 bits per heavy atom. The van der Waals surface area contributed by atoms with Crippen molar-refractivity contribution in [2.24, 2.45) is 0 Å². The number of rotatable bonds is 10. The highest BCUT2D eigenvalue weighted by Gasteiger charge is 2.15. The second-order valence-electron chi connectivity index (χ2n) is 6.39. The Bertz CT molecular complexity index is 745. The van der Waals surface area contributed by atoms with Crippen molar-refractivity contribution in [3.63, 3.8) is 0 Å². The van der Waals surface area contributed by atoms with Gasteiger partial charge in [-0.05, 0) is 36.6 Å². The molecule has 0 fully saturated rings. The molecule has 0 saturated heterocycles. The summed E-state index contributed by atoms with van der Waals surface area (Å²) in [6, 6.07) is 10.9. The van der Waals surface area contributed by atoms with E-state index in [1.807, 2.05) is 24.3 Å². The number of unbranched alkanes of at least 4 members (excludes halogenated alkanes) is 2. The summed E-state index contributed by atoms with van der Waals surface area (Å²) in [6.45, 7) is 3.21. The third kappa shape index (κ3) is 6.09. The lowest BCUT2D eigenvalue weighted by Gasteiger charge is -2.14. The first kappa shape index (κ1) is 20.4. The number of benzene rings is 2. The minimum atomic E-state index is -0.232. The fourth-order valence-corrected chi connectivity index (χ4v) is 2.68. The first-order chi connectivity index (χ1) is 13.0. The Hall–Kier alpha value is -2.89. The Morgan fingerprint density at radius 3 is 2.48 bits per heavy atom. The molecule has 1 amide bonds. The van der Waals surface area contributed by atoms with Gasteiger partial charge in [-0.2, -0.15) is 0 Å². The lowest BCUT2D eigenvalue weighted by atomic mass is 10.1. The summed E-state index contributed by atoms with van der Waals surface area (Å²) in [5, 5.41) is 2.90. The number of hydrogen-bond donors (Lipinski definition) is 3. The van der Waals surface area contributed by atoms with Gasteiger partial charge in [-0.15, -0.1) is 0 Å². The quantitative estimate of drug-likeness (QED) is 0.439. The van der Waals surface area contributed by atoms with E-state index < -0.39 is 0 Å². The first-order valence-electron chi connectivity index (χ1n) is 9.28. The molecule has 0 aliphatic heterocycles. The molecule has 6 nitrogen and oxygen atoms in total. The van der Waals surface area contributed by atoms with Crippen molar-refractivity contribution in [2.75, 3.05) is 31.7 Å². The molecule has 2 rings (SSSR count). The molecule has 0 aromatic heterocycles. The predicted octanol–water partition coefficient (Wildman–Crippen LogP) is 3.40. The SMILES string of the molecule is CCCCCOc1cc(C(=O)NCCc2ccc(N)cc2)c(N)cc1OC. The van der Waals surface area contributed by atoms with Gasteiger partial charge in [0.1, 0.15) is 0 Å². The van der Waals surface area contributed by atoms with E-state index >= 15 is 0 Å². The first-order valence-corrected chi connectivity index (χ1v) is 9.28. The van der Waals surface area contributed by atoms with Gasteiger partial charge in [-0.25, -0.2) is 0 Å². The Kier molecular flexibility index (Phi) is 7.79. The number of nitrogens with two attached hydrogens (primary N) is 2. The summed E-state index contributed by atoms with van der Waals surface area (Å²) in [5.41, 5.74) is 14.3. The Labute approximate surface area is 160 Å². The molecule has 0 radical (unpaired) electrons. The van der Waals surface area contributed by atoms with Crippen LogP contribution < -0.4 is 26.3 Å². The van der Waals surface area contributed by atoms with Crippen LogP contribution in [-0.4, -0.2) is 26.2 Å². The number of ether oxygens (including phenoxy) is 2. The molecule has 6 heteroatoms. The summed E-state index contributed by atoms with van der Waals surface area (Å²) in [7, 11) is 1.56. The number of methoxy groups -OCH3 is 1. The van der Waals surface area contributed by atoms with E-state index in [9.17, 15) is 4.79 Å². The molecule has 2 aromatic rings. The molecule has 0 aliphatic carbocycles. The minimum absolute atomic E-state index is 0.232. The zero-order valence-electron chi connectivity index (χ0n) is 16.1. The molecule has 0 aliphatic rings. The topological polar surface area (TPSA) is 99.6 Å². The van der Waals surface area contributed by atoms with E-state index in [4.69, 9.17) is 20.9 Å². The highest BCUT2D eigenvalue weighted by Crippen LogP contribution is 2.32. The zero-order valence-corrected chi connectivity index (χ0v) is 16.1. The summed E-state index contributed by atoms with van der Waals surface area (Å²) in [6.07, 6.45) is 3.87. The smallest absolute Gasteiger partial charge is 0.253 e. The number of carbonyl (C=O) groups is 1. The van der Waals surface area contributed by atoms with E-state index in [0.29, 0.717) is 42.3 Å². The molecule has 0 atom stereocenters. The fourth-order valence-electron chi connectivity index (χ4n) is 2.68. The summed E-state index contributed by atoms with van der Waals surface area (Å²) in [5.74, 6) is 0.831. The van der Waals surface area contributed by atoms with E-state index in [-0.39, 0.29) is 5.91 Å². The van der Waals surface area contributed by atoms with Crippen LogP contribution in [0.4, 0.5) is 11.4 Å². The van der Waals surface area contributed by atoms with Gasteiger partial charge in [-0.1, -0.05) is 31.9 Å². The van der Waals surface area contributed by atoms with Crippen molar-refractivity contribution >= 4 is 17.3 Å². The molecule has 146 valence electrons. The molecule has 0 heterocycles. The normalized spacial score (nSPS) is 10.4. The number of hydrogen-bond acceptors (Lipinski definition) is 5. The van der Waals surface area contributed by atoms with Gasteiger partial charge in [0.25, 0.3) is 5.91 Å². The Balaban J connectivity index is 1.99. The van der Waals surface area contributed by atoms with Crippen LogP contribution in [0.1, 0.15) is 42.1 Å². The molecule has 0 bridgehead atoms. The summed E-state index contributed by atoms with van der Waals surface area (Å²) < 4.78 is 11.1. The standard InChI is InChI=1S/C21H29N3O3/c1-3-4-5-12-27-20-13-17(18(23)14-19(20)26-2)21(25)24-11-10-15-6-8-16(22)9-7-15/h6-9,13-14H,3-5,10-12,22-23H2,1-2H3,(H,24,25). The maximum absolute atomic E-state index is 12.5. The van der Waals surface area contributed by atoms with Crippen molar-refractivity contribution < 1.29 is 14.3 Å². The number of anilines is 2. The molecular weight excluding hydrogens is 342 g/mol. The van der Waals surface area contributed by atoms with Gasteiger partial charge in [0.2, 0.25) is 0 Å². The highest BCUT2D eigenvalue weighted by molar-refractivity contribution is 6.00. The lowest BCUT2D eigenvalue weighted by molar-refractivity contribution is 0.0954. The maximum atomic E-state index is 12.5. The van der Waals surface area contributed by atoms with Crippen LogP contribution in [0.2, 0.25) is 0 Å². The van der Waals surface area contributed by atoms with Gasteiger partial charge in [-0.3, -0.25) is 4.79 Å². The lowest BCUT2D eigenvalue weighted by Crippen LogP contribution is -2.26. The summed E-state index contributed by atoms with van der Waals surface area (Å²) in [4.78, 5) is 12.5. The molecule has 27 heavy (non-hydrogen) atoms. The molecular formula is C21H29N3O3. The van der Waals surface area contributed by atoms with Crippen molar-refractivity contribution in [1.82, 2.24) is 5.32 Å². The second kappa shape index (κ2) is 10.3. The van der Waals surface area contributed by atoms with Gasteiger partial charge in [0, 0.05) is 24.0 Å². The number of nitrogens with one attached hydrogen (secondary N) is 1. The van der Waals surface area contributed by atoms with E-state index in [0.717, 1.165) is 30.5 Å². The Morgan fingerprint density at radius 2 is 1.81 bits per heavy atom. The van der Waals surface area contributed by atoms with E-state index in [2.05, 4.69) is 12.2 Å². The van der Waals surface area contributed by atoms with Crippen molar-refractivity contribution in [1.29, 1.82) is 0 Å². The molecule has 0 spiro atoms. The van der Waals surface area contributed by atoms with Crippen molar-refractivity contribution in [2.45, 2.75) is 32.6 Å². The average molecular weight is 371 g/mol. The number of amides is 1. The molecule has 2 aromatic carbocycles.